The van der Waals surface area contributed by atoms with Gasteiger partial charge in [0.15, 0.2) is 5.69 Å². The zero-order valence-corrected chi connectivity index (χ0v) is 10.3. The average molecular weight is 260 g/mol. The van der Waals surface area contributed by atoms with E-state index < -0.39 is 0 Å². The number of hydrogen-bond acceptors (Lipinski definition) is 4. The third-order valence-corrected chi connectivity index (χ3v) is 2.76. The molecular formula is C13H13FN4O. The summed E-state index contributed by atoms with van der Waals surface area (Å²) in [4.78, 5) is 0. The van der Waals surface area contributed by atoms with Crippen LogP contribution in [0.3, 0.4) is 0 Å². The van der Waals surface area contributed by atoms with Crippen LogP contribution >= 0.6 is 0 Å². The van der Waals surface area contributed by atoms with Crippen LogP contribution in [0.1, 0.15) is 23.4 Å². The van der Waals surface area contributed by atoms with Gasteiger partial charge in [-0.1, -0.05) is 17.3 Å². The van der Waals surface area contributed by atoms with Crippen LogP contribution in [0.4, 0.5) is 4.39 Å². The van der Waals surface area contributed by atoms with E-state index in [2.05, 4.69) is 10.3 Å². The molecule has 0 spiro atoms. The fraction of sp³-hybridized carbons (Fsp3) is 0.308. The van der Waals surface area contributed by atoms with Gasteiger partial charge in [-0.05, 0) is 24.1 Å². The molecule has 0 saturated carbocycles. The standard InChI is InChI=1S/C13H13FN4O/c14-11-4-2-10(3-5-11)8-13-12(9-15)16-17-18(13)6-1-7-19/h2-5,19H,1,6-8H2. The molecule has 5 nitrogen and oxygen atoms in total. The van der Waals surface area contributed by atoms with E-state index in [1.165, 1.54) is 12.1 Å². The normalized spacial score (nSPS) is 10.4. The Hall–Kier alpha value is -2.26. The van der Waals surface area contributed by atoms with Crippen molar-refractivity contribution < 1.29 is 9.50 Å². The minimum Gasteiger partial charge on any atom is -0.396 e. The number of aromatic nitrogens is 3. The summed E-state index contributed by atoms with van der Waals surface area (Å²) in [6.45, 7) is 0.555. The van der Waals surface area contributed by atoms with Crippen LogP contribution in [0.2, 0.25) is 0 Å². The van der Waals surface area contributed by atoms with Gasteiger partial charge in [0.25, 0.3) is 0 Å². The molecule has 6 heteroatoms. The number of nitrogens with zero attached hydrogens (tertiary/aromatic N) is 4. The molecule has 0 fully saturated rings. The first-order chi connectivity index (χ1) is 9.24. The van der Waals surface area contributed by atoms with Crippen LogP contribution in [0, 0.1) is 17.1 Å². The summed E-state index contributed by atoms with van der Waals surface area (Å²) in [6, 6.07) is 8.08. The molecule has 1 aromatic carbocycles. The van der Waals surface area contributed by atoms with Crippen LogP contribution < -0.4 is 0 Å². The zero-order chi connectivity index (χ0) is 13.7. The van der Waals surface area contributed by atoms with Crippen molar-refractivity contribution in [2.24, 2.45) is 0 Å². The number of nitriles is 1. The molecule has 19 heavy (non-hydrogen) atoms. The van der Waals surface area contributed by atoms with E-state index in [1.807, 2.05) is 6.07 Å². The van der Waals surface area contributed by atoms with Crippen molar-refractivity contribution in [3.63, 3.8) is 0 Å². The highest BCUT2D eigenvalue weighted by Crippen LogP contribution is 2.13. The van der Waals surface area contributed by atoms with E-state index in [1.54, 1.807) is 16.8 Å². The van der Waals surface area contributed by atoms with Gasteiger partial charge in [-0.3, -0.25) is 0 Å². The minimum absolute atomic E-state index is 0.0533. The maximum atomic E-state index is 12.8. The summed E-state index contributed by atoms with van der Waals surface area (Å²) in [5.74, 6) is -0.295. The lowest BCUT2D eigenvalue weighted by Gasteiger charge is -2.05. The lowest BCUT2D eigenvalue weighted by Crippen LogP contribution is -2.08. The number of aryl methyl sites for hydroxylation is 1. The molecule has 1 heterocycles. The van der Waals surface area contributed by atoms with Crippen molar-refractivity contribution in [1.82, 2.24) is 15.0 Å². The second-order valence-electron chi connectivity index (χ2n) is 4.10. The number of benzene rings is 1. The molecular weight excluding hydrogens is 247 g/mol. The summed E-state index contributed by atoms with van der Waals surface area (Å²) in [5, 5.41) is 25.5. The van der Waals surface area contributed by atoms with Crippen molar-refractivity contribution in [3.8, 4) is 6.07 Å². The van der Waals surface area contributed by atoms with Crippen molar-refractivity contribution in [1.29, 1.82) is 5.26 Å². The molecule has 0 aliphatic rings. The molecule has 98 valence electrons. The number of hydrogen-bond donors (Lipinski definition) is 1. The zero-order valence-electron chi connectivity index (χ0n) is 10.3. The molecule has 0 bridgehead atoms. The van der Waals surface area contributed by atoms with Gasteiger partial charge in [-0.15, -0.1) is 5.10 Å². The Morgan fingerprint density at radius 3 is 2.68 bits per heavy atom. The highest BCUT2D eigenvalue weighted by atomic mass is 19.1. The van der Waals surface area contributed by atoms with E-state index in [0.29, 0.717) is 25.1 Å². The first-order valence-electron chi connectivity index (χ1n) is 5.92. The summed E-state index contributed by atoms with van der Waals surface area (Å²) >= 11 is 0. The Labute approximate surface area is 109 Å². The molecule has 0 saturated heterocycles. The molecule has 1 aromatic heterocycles. The highest BCUT2D eigenvalue weighted by Gasteiger charge is 2.12. The first-order valence-corrected chi connectivity index (χ1v) is 5.92. The maximum absolute atomic E-state index is 12.8. The van der Waals surface area contributed by atoms with Gasteiger partial charge >= 0.3 is 0 Å². The van der Waals surface area contributed by atoms with E-state index in [4.69, 9.17) is 10.4 Å². The van der Waals surface area contributed by atoms with Gasteiger partial charge in [0.1, 0.15) is 11.9 Å². The van der Waals surface area contributed by atoms with Gasteiger partial charge < -0.3 is 5.11 Å². The van der Waals surface area contributed by atoms with Crippen LogP contribution in [-0.2, 0) is 13.0 Å². The predicted molar refractivity (Wildman–Crippen MR) is 65.6 cm³/mol. The average Bonchev–Trinajstić information content (AvgIpc) is 2.81. The van der Waals surface area contributed by atoms with E-state index in [-0.39, 0.29) is 18.1 Å². The van der Waals surface area contributed by atoms with Gasteiger partial charge in [0, 0.05) is 19.6 Å². The third-order valence-electron chi connectivity index (χ3n) is 2.76. The van der Waals surface area contributed by atoms with Crippen molar-refractivity contribution >= 4 is 0 Å². The van der Waals surface area contributed by atoms with Crippen molar-refractivity contribution in [2.45, 2.75) is 19.4 Å². The number of aliphatic hydroxyl groups excluding tert-OH is 1. The van der Waals surface area contributed by atoms with E-state index in [9.17, 15) is 4.39 Å². The largest absolute Gasteiger partial charge is 0.396 e. The smallest absolute Gasteiger partial charge is 0.186 e. The molecule has 2 rings (SSSR count). The molecule has 0 radical (unpaired) electrons. The van der Waals surface area contributed by atoms with Crippen LogP contribution in [0.25, 0.3) is 0 Å². The number of halogens is 1. The fourth-order valence-electron chi connectivity index (χ4n) is 1.79. The second kappa shape index (κ2) is 6.07. The minimum atomic E-state index is -0.295. The van der Waals surface area contributed by atoms with E-state index in [0.717, 1.165) is 5.56 Å². The predicted octanol–water partition coefficient (Wildman–Crippen LogP) is 1.26. The monoisotopic (exact) mass is 260 g/mol. The molecule has 0 aliphatic heterocycles. The second-order valence-corrected chi connectivity index (χ2v) is 4.10. The lowest BCUT2D eigenvalue weighted by atomic mass is 10.1. The van der Waals surface area contributed by atoms with Crippen LogP contribution in [0.15, 0.2) is 24.3 Å². The van der Waals surface area contributed by atoms with Gasteiger partial charge in [-0.2, -0.15) is 5.26 Å². The lowest BCUT2D eigenvalue weighted by molar-refractivity contribution is 0.275. The molecule has 0 amide bonds. The molecule has 0 unspecified atom stereocenters. The number of aliphatic hydroxyl groups is 1. The molecule has 1 N–H and O–H groups in total. The fourth-order valence-corrected chi connectivity index (χ4v) is 1.79. The Morgan fingerprint density at radius 1 is 1.32 bits per heavy atom. The highest BCUT2D eigenvalue weighted by molar-refractivity contribution is 5.30. The van der Waals surface area contributed by atoms with Crippen LogP contribution in [0.5, 0.6) is 0 Å². The Morgan fingerprint density at radius 2 is 2.05 bits per heavy atom. The first kappa shape index (κ1) is 13.2. The summed E-state index contributed by atoms with van der Waals surface area (Å²) in [6.07, 6.45) is 1.01. The Bertz CT molecular complexity index is 586. The Balaban J connectivity index is 2.24. The van der Waals surface area contributed by atoms with Crippen molar-refractivity contribution in [2.75, 3.05) is 6.61 Å². The SMILES string of the molecule is N#Cc1nnn(CCCO)c1Cc1ccc(F)cc1. The molecule has 0 aliphatic carbocycles. The van der Waals surface area contributed by atoms with Gasteiger partial charge in [-0.25, -0.2) is 9.07 Å². The summed E-state index contributed by atoms with van der Waals surface area (Å²) in [7, 11) is 0. The van der Waals surface area contributed by atoms with Crippen LogP contribution in [-0.4, -0.2) is 26.7 Å². The maximum Gasteiger partial charge on any atom is 0.186 e. The van der Waals surface area contributed by atoms with Gasteiger partial charge in [0.2, 0.25) is 0 Å². The third kappa shape index (κ3) is 3.14. The van der Waals surface area contributed by atoms with E-state index >= 15 is 0 Å². The molecule has 2 aromatic rings. The number of rotatable bonds is 5. The quantitative estimate of drug-likeness (QED) is 0.878. The molecule has 0 atom stereocenters. The summed E-state index contributed by atoms with van der Waals surface area (Å²) < 4.78 is 14.5. The summed E-state index contributed by atoms with van der Waals surface area (Å²) in [5.41, 5.74) is 1.83. The van der Waals surface area contributed by atoms with Crippen molar-refractivity contribution in [3.05, 3.63) is 47.0 Å². The van der Waals surface area contributed by atoms with Gasteiger partial charge in [0.05, 0.1) is 5.69 Å². The topological polar surface area (TPSA) is 74.7 Å². The Kier molecular flexibility index (Phi) is 4.21.